The van der Waals surface area contributed by atoms with Crippen LogP contribution in [0.15, 0.2) is 65.2 Å². The highest BCUT2D eigenvalue weighted by molar-refractivity contribution is 5.95. The number of aromatic hydroxyl groups is 2. The van der Waals surface area contributed by atoms with Gasteiger partial charge in [-0.25, -0.2) is 0 Å². The van der Waals surface area contributed by atoms with E-state index in [4.69, 9.17) is 14.0 Å². The molecule has 7 rings (SSSR count). The van der Waals surface area contributed by atoms with Crippen molar-refractivity contribution in [1.82, 2.24) is 9.72 Å². The molecule has 2 bridgehead atoms. The van der Waals surface area contributed by atoms with E-state index in [0.717, 1.165) is 5.39 Å². The first-order chi connectivity index (χ1) is 18.4. The molecule has 2 aliphatic heterocycles. The SMILES string of the molecule is CC12OC(CCOc3noc4ccccc34)(C[C@@H]1O)c1c2c(O)n(-c2ccc(C#N)c3ccccc23)c1O. The van der Waals surface area contributed by atoms with Gasteiger partial charge in [0.25, 0.3) is 5.88 Å². The number of para-hydroxylation sites is 1. The number of aliphatic hydroxyl groups excluding tert-OH is 1. The fourth-order valence-corrected chi connectivity index (χ4v) is 6.20. The fraction of sp³-hybridized carbons (Fsp3) is 0.241. The van der Waals surface area contributed by atoms with Crippen LogP contribution < -0.4 is 4.74 Å². The van der Waals surface area contributed by atoms with Crippen LogP contribution in [0.25, 0.3) is 27.4 Å². The highest BCUT2D eigenvalue weighted by Crippen LogP contribution is 2.65. The van der Waals surface area contributed by atoms with Gasteiger partial charge in [-0.15, -0.1) is 0 Å². The van der Waals surface area contributed by atoms with E-state index in [1.165, 1.54) is 4.57 Å². The molecule has 5 aromatic rings. The molecule has 3 aromatic carbocycles. The third-order valence-corrected chi connectivity index (χ3v) is 7.99. The van der Waals surface area contributed by atoms with Gasteiger partial charge in [0.1, 0.15) is 11.2 Å². The van der Waals surface area contributed by atoms with Gasteiger partial charge in [0.2, 0.25) is 11.8 Å². The van der Waals surface area contributed by atoms with Gasteiger partial charge in [0.15, 0.2) is 5.58 Å². The van der Waals surface area contributed by atoms with Gasteiger partial charge in [-0.1, -0.05) is 36.4 Å². The summed E-state index contributed by atoms with van der Waals surface area (Å²) < 4.78 is 19.0. The average molecular weight is 510 g/mol. The average Bonchev–Trinajstić information content (AvgIpc) is 3.61. The summed E-state index contributed by atoms with van der Waals surface area (Å²) in [5, 5.41) is 49.8. The van der Waals surface area contributed by atoms with E-state index >= 15 is 0 Å². The first kappa shape index (κ1) is 22.7. The largest absolute Gasteiger partial charge is 0.494 e. The van der Waals surface area contributed by atoms with E-state index < -0.39 is 17.3 Å². The maximum atomic E-state index is 11.6. The maximum Gasteiger partial charge on any atom is 0.262 e. The molecule has 2 aromatic heterocycles. The molecule has 0 saturated carbocycles. The minimum atomic E-state index is -1.22. The molecule has 3 atom stereocenters. The summed E-state index contributed by atoms with van der Waals surface area (Å²) >= 11 is 0. The van der Waals surface area contributed by atoms with Crippen LogP contribution in [0.5, 0.6) is 17.6 Å². The number of benzene rings is 3. The molecule has 9 nitrogen and oxygen atoms in total. The number of nitriles is 1. The van der Waals surface area contributed by atoms with Crippen LogP contribution in [0.1, 0.15) is 36.5 Å². The van der Waals surface area contributed by atoms with Gasteiger partial charge in [0, 0.05) is 23.6 Å². The first-order valence-electron chi connectivity index (χ1n) is 12.3. The van der Waals surface area contributed by atoms with E-state index in [2.05, 4.69) is 11.2 Å². The van der Waals surface area contributed by atoms with Crippen molar-refractivity contribution in [1.29, 1.82) is 5.26 Å². The van der Waals surface area contributed by atoms with Crippen LogP contribution in [0.3, 0.4) is 0 Å². The second kappa shape index (κ2) is 7.74. The smallest absolute Gasteiger partial charge is 0.262 e. The predicted molar refractivity (Wildman–Crippen MR) is 136 cm³/mol. The molecule has 1 saturated heterocycles. The molecular weight excluding hydrogens is 486 g/mol. The Kier molecular flexibility index (Phi) is 4.62. The van der Waals surface area contributed by atoms with Crippen LogP contribution in [-0.2, 0) is 15.9 Å². The second-order valence-electron chi connectivity index (χ2n) is 10.0. The van der Waals surface area contributed by atoms with Crippen LogP contribution in [0, 0.1) is 11.3 Å². The van der Waals surface area contributed by atoms with Crippen molar-refractivity contribution in [2.45, 2.75) is 37.1 Å². The fourth-order valence-electron chi connectivity index (χ4n) is 6.20. The van der Waals surface area contributed by atoms with Crippen molar-refractivity contribution >= 4 is 21.7 Å². The highest BCUT2D eigenvalue weighted by Gasteiger charge is 2.66. The second-order valence-corrected chi connectivity index (χ2v) is 10.0. The number of ether oxygens (including phenoxy) is 2. The lowest BCUT2D eigenvalue weighted by Gasteiger charge is -2.26. The Morgan fingerprint density at radius 1 is 1.03 bits per heavy atom. The summed E-state index contributed by atoms with van der Waals surface area (Å²) in [6, 6.07) is 20.3. The van der Waals surface area contributed by atoms with Gasteiger partial charge in [-0.2, -0.15) is 5.26 Å². The summed E-state index contributed by atoms with van der Waals surface area (Å²) in [4.78, 5) is 0. The molecule has 38 heavy (non-hydrogen) atoms. The van der Waals surface area contributed by atoms with E-state index in [1.54, 1.807) is 25.1 Å². The molecule has 0 amide bonds. The lowest BCUT2D eigenvalue weighted by Crippen LogP contribution is -2.33. The van der Waals surface area contributed by atoms with E-state index in [9.17, 15) is 20.6 Å². The Hall–Kier alpha value is -4.52. The quantitative estimate of drug-likeness (QED) is 0.310. The topological polar surface area (TPSA) is 134 Å². The third-order valence-electron chi connectivity index (χ3n) is 7.99. The summed E-state index contributed by atoms with van der Waals surface area (Å²) in [5.41, 5.74) is 0.102. The molecule has 2 aliphatic rings. The third kappa shape index (κ3) is 2.84. The van der Waals surface area contributed by atoms with Crippen LogP contribution in [-0.4, -0.2) is 37.8 Å². The Labute approximate surface area is 216 Å². The van der Waals surface area contributed by atoms with Gasteiger partial charge in [-0.05, 0) is 36.3 Å². The van der Waals surface area contributed by atoms with Crippen LogP contribution in [0.4, 0.5) is 0 Å². The predicted octanol–water partition coefficient (Wildman–Crippen LogP) is 4.73. The number of hydrogen-bond donors (Lipinski definition) is 3. The van der Waals surface area contributed by atoms with Gasteiger partial charge in [-0.3, -0.25) is 4.57 Å². The standard InChI is InChI=1S/C29H23N3O6/c1-28-22(33)14-29(38-28,12-13-36-25-19-8-4-5-9-21(19)37-31-25)24-23(28)26(34)32(27(24)35)20-11-10-16(15-30)17-6-2-3-7-18(17)20/h2-11,22,33-35H,12-14H2,1H3/t22-,28?,29?/m0/s1. The number of fused-ring (bicyclic) bond motifs is 7. The first-order valence-corrected chi connectivity index (χ1v) is 12.3. The zero-order chi connectivity index (χ0) is 26.2. The monoisotopic (exact) mass is 509 g/mol. The summed E-state index contributed by atoms with van der Waals surface area (Å²) in [6.45, 7) is 1.89. The van der Waals surface area contributed by atoms with E-state index in [0.29, 0.717) is 51.0 Å². The molecule has 2 unspecified atom stereocenters. The zero-order valence-corrected chi connectivity index (χ0v) is 20.4. The molecule has 0 aliphatic carbocycles. The molecule has 190 valence electrons. The van der Waals surface area contributed by atoms with Crippen molar-refractivity contribution in [3.63, 3.8) is 0 Å². The van der Waals surface area contributed by atoms with Gasteiger partial charge < -0.3 is 29.3 Å². The number of rotatable bonds is 5. The number of aromatic nitrogens is 2. The Bertz CT molecular complexity index is 1800. The normalized spacial score (nSPS) is 23.7. The van der Waals surface area contributed by atoms with Crippen molar-refractivity contribution in [2.24, 2.45) is 0 Å². The molecule has 1 fully saturated rings. The summed E-state index contributed by atoms with van der Waals surface area (Å²) in [6.07, 6.45) is -0.384. The Morgan fingerprint density at radius 3 is 2.53 bits per heavy atom. The molecule has 9 heteroatoms. The lowest BCUT2D eigenvalue weighted by molar-refractivity contribution is -0.107. The maximum absolute atomic E-state index is 11.6. The highest BCUT2D eigenvalue weighted by atomic mass is 16.6. The molecule has 3 N–H and O–H groups in total. The van der Waals surface area contributed by atoms with Gasteiger partial charge in [0.05, 0.1) is 46.5 Å². The lowest BCUT2D eigenvalue weighted by atomic mass is 9.76. The molecule has 4 heterocycles. The molecular formula is C29H23N3O6. The molecule has 0 radical (unpaired) electrons. The minimum Gasteiger partial charge on any atom is -0.494 e. The van der Waals surface area contributed by atoms with E-state index in [-0.39, 0.29) is 24.8 Å². The van der Waals surface area contributed by atoms with Gasteiger partial charge >= 0.3 is 0 Å². The van der Waals surface area contributed by atoms with Crippen molar-refractivity contribution in [2.75, 3.05) is 6.61 Å². The van der Waals surface area contributed by atoms with E-state index in [1.807, 2.05) is 42.5 Å². The van der Waals surface area contributed by atoms with Crippen LogP contribution >= 0.6 is 0 Å². The Balaban J connectivity index is 1.32. The number of hydrogen-bond acceptors (Lipinski definition) is 8. The summed E-state index contributed by atoms with van der Waals surface area (Å²) in [5.74, 6) is -0.0287. The number of aliphatic hydroxyl groups is 1. The Morgan fingerprint density at radius 2 is 1.74 bits per heavy atom. The summed E-state index contributed by atoms with van der Waals surface area (Å²) in [7, 11) is 0. The zero-order valence-electron chi connectivity index (χ0n) is 20.4. The van der Waals surface area contributed by atoms with Crippen molar-refractivity contribution in [3.8, 4) is 29.4 Å². The minimum absolute atomic E-state index is 0.171. The number of nitrogens with zero attached hydrogens (tertiary/aromatic N) is 3. The van der Waals surface area contributed by atoms with Crippen LogP contribution in [0.2, 0.25) is 0 Å². The van der Waals surface area contributed by atoms with Crippen molar-refractivity contribution < 1.29 is 29.3 Å². The molecule has 0 spiro atoms. The van der Waals surface area contributed by atoms with Crippen molar-refractivity contribution in [3.05, 3.63) is 77.4 Å².